The fourth-order valence-corrected chi connectivity index (χ4v) is 3.76. The number of aryl methyl sites for hydroxylation is 1. The molecule has 4 nitrogen and oxygen atoms in total. The summed E-state index contributed by atoms with van der Waals surface area (Å²) in [5, 5.41) is 7.93. The summed E-state index contributed by atoms with van der Waals surface area (Å²) < 4.78 is 1.77. The molecule has 1 aromatic heterocycles. The van der Waals surface area contributed by atoms with Crippen LogP contribution in [0.2, 0.25) is 0 Å². The van der Waals surface area contributed by atoms with Gasteiger partial charge in [-0.2, -0.15) is 5.10 Å². The smallest absolute Gasteiger partial charge is 0.164 e. The highest BCUT2D eigenvalue weighted by Crippen LogP contribution is 2.48. The van der Waals surface area contributed by atoms with Crippen LogP contribution < -0.4 is 5.32 Å². The second-order valence-electron chi connectivity index (χ2n) is 6.20. The number of hydrogen-bond acceptors (Lipinski definition) is 3. The van der Waals surface area contributed by atoms with Gasteiger partial charge in [-0.1, -0.05) is 12.8 Å². The van der Waals surface area contributed by atoms with Crippen LogP contribution in [0.4, 0.5) is 0 Å². The summed E-state index contributed by atoms with van der Waals surface area (Å²) >= 11 is 0. The van der Waals surface area contributed by atoms with Gasteiger partial charge in [-0.25, -0.2) is 4.98 Å². The maximum absolute atomic E-state index is 4.31. The summed E-state index contributed by atoms with van der Waals surface area (Å²) in [7, 11) is 1.92. The molecule has 1 aromatic rings. The maximum atomic E-state index is 4.31. The molecule has 100 valence electrons. The lowest BCUT2D eigenvalue weighted by Crippen LogP contribution is -2.36. The number of nitrogens with one attached hydrogen (secondary N) is 1. The second kappa shape index (κ2) is 5.00. The van der Waals surface area contributed by atoms with Crippen LogP contribution in [0.1, 0.15) is 57.2 Å². The lowest BCUT2D eigenvalue weighted by atomic mass is 9.71. The Morgan fingerprint density at radius 2 is 2.00 bits per heavy atom. The van der Waals surface area contributed by atoms with Crippen molar-refractivity contribution in [3.8, 4) is 0 Å². The topological polar surface area (TPSA) is 42.7 Å². The van der Waals surface area contributed by atoms with Crippen molar-refractivity contribution in [2.24, 2.45) is 12.5 Å². The van der Waals surface area contributed by atoms with Crippen molar-refractivity contribution in [2.75, 3.05) is 0 Å². The summed E-state index contributed by atoms with van der Waals surface area (Å²) in [6.45, 7) is 0.818. The Kier molecular flexibility index (Phi) is 3.37. The number of hydrogen-bond donors (Lipinski definition) is 1. The molecule has 3 rings (SSSR count). The largest absolute Gasteiger partial charge is 0.307 e. The van der Waals surface area contributed by atoms with Gasteiger partial charge < -0.3 is 5.32 Å². The first-order valence-corrected chi connectivity index (χ1v) is 7.34. The third-order valence-corrected chi connectivity index (χ3v) is 4.91. The molecule has 2 aliphatic rings. The van der Waals surface area contributed by atoms with Gasteiger partial charge in [-0.15, -0.1) is 0 Å². The van der Waals surface area contributed by atoms with E-state index in [9.17, 15) is 0 Å². The quantitative estimate of drug-likeness (QED) is 0.893. The lowest BCUT2D eigenvalue weighted by Gasteiger charge is -2.37. The van der Waals surface area contributed by atoms with Gasteiger partial charge in [0.15, 0.2) is 5.82 Å². The monoisotopic (exact) mass is 248 g/mol. The molecule has 2 fully saturated rings. The zero-order valence-corrected chi connectivity index (χ0v) is 11.4. The summed E-state index contributed by atoms with van der Waals surface area (Å²) in [4.78, 5) is 4.26. The Bertz CT molecular complexity index is 382. The molecule has 0 radical (unpaired) electrons. The molecule has 18 heavy (non-hydrogen) atoms. The van der Waals surface area contributed by atoms with Gasteiger partial charge in [-0.05, 0) is 43.9 Å². The van der Waals surface area contributed by atoms with Crippen LogP contribution >= 0.6 is 0 Å². The van der Waals surface area contributed by atoms with Crippen molar-refractivity contribution in [3.05, 3.63) is 12.2 Å². The van der Waals surface area contributed by atoms with Crippen molar-refractivity contribution >= 4 is 0 Å². The van der Waals surface area contributed by atoms with Crippen LogP contribution in [0.5, 0.6) is 0 Å². The van der Waals surface area contributed by atoms with Gasteiger partial charge >= 0.3 is 0 Å². The first-order valence-electron chi connectivity index (χ1n) is 7.34. The molecule has 1 N–H and O–H groups in total. The third-order valence-electron chi connectivity index (χ3n) is 4.91. The molecule has 2 aliphatic carbocycles. The van der Waals surface area contributed by atoms with E-state index in [-0.39, 0.29) is 0 Å². The predicted molar refractivity (Wildman–Crippen MR) is 71.0 cm³/mol. The molecule has 1 spiro atoms. The Hall–Kier alpha value is -0.900. The number of nitrogens with zero attached hydrogens (tertiary/aromatic N) is 3. The minimum atomic E-state index is 0.681. The molecular formula is C14H24N4. The maximum Gasteiger partial charge on any atom is 0.164 e. The van der Waals surface area contributed by atoms with E-state index < -0.39 is 0 Å². The Morgan fingerprint density at radius 3 is 2.61 bits per heavy atom. The van der Waals surface area contributed by atoms with Gasteiger partial charge in [0, 0.05) is 13.1 Å². The highest BCUT2D eigenvalue weighted by Gasteiger charge is 2.37. The molecule has 2 saturated carbocycles. The van der Waals surface area contributed by atoms with Gasteiger partial charge in [-0.3, -0.25) is 4.68 Å². The fraction of sp³-hybridized carbons (Fsp3) is 0.857. The summed E-state index contributed by atoms with van der Waals surface area (Å²) in [6.07, 6.45) is 13.2. The molecule has 0 aromatic carbocycles. The third kappa shape index (κ3) is 2.58. The van der Waals surface area contributed by atoms with Crippen molar-refractivity contribution in [2.45, 2.75) is 64.0 Å². The fourth-order valence-electron chi connectivity index (χ4n) is 3.76. The molecule has 0 bridgehead atoms. The minimum absolute atomic E-state index is 0.681. The van der Waals surface area contributed by atoms with Gasteiger partial charge in [0.05, 0.1) is 6.54 Å². The summed E-state index contributed by atoms with van der Waals surface area (Å²) in [5.41, 5.74) is 0.738. The minimum Gasteiger partial charge on any atom is -0.307 e. The SMILES string of the molecule is Cn1cnc(CNC2CCC3(CCCC3)CC2)n1. The van der Waals surface area contributed by atoms with Crippen molar-refractivity contribution in [1.82, 2.24) is 20.1 Å². The first kappa shape index (κ1) is 12.2. The Balaban J connectivity index is 1.45. The van der Waals surface area contributed by atoms with E-state index in [2.05, 4.69) is 15.4 Å². The first-order chi connectivity index (χ1) is 8.76. The van der Waals surface area contributed by atoms with Crippen molar-refractivity contribution in [1.29, 1.82) is 0 Å². The Labute approximate surface area is 109 Å². The zero-order chi connectivity index (χ0) is 12.4. The molecule has 0 saturated heterocycles. The lowest BCUT2D eigenvalue weighted by molar-refractivity contribution is 0.167. The van der Waals surface area contributed by atoms with Crippen LogP contribution in [0.3, 0.4) is 0 Å². The molecule has 0 aliphatic heterocycles. The predicted octanol–water partition coefficient (Wildman–Crippen LogP) is 2.41. The second-order valence-corrected chi connectivity index (χ2v) is 6.20. The van der Waals surface area contributed by atoms with Crippen LogP contribution in [0, 0.1) is 5.41 Å². The number of rotatable bonds is 3. The van der Waals surface area contributed by atoms with E-state index in [0.29, 0.717) is 6.04 Å². The van der Waals surface area contributed by atoms with E-state index in [0.717, 1.165) is 17.8 Å². The van der Waals surface area contributed by atoms with E-state index in [4.69, 9.17) is 0 Å². The standard InChI is InChI=1S/C14H24N4/c1-18-11-16-13(17-18)10-15-12-4-8-14(9-5-12)6-2-3-7-14/h11-12,15H,2-10H2,1H3. The zero-order valence-electron chi connectivity index (χ0n) is 11.4. The van der Waals surface area contributed by atoms with E-state index in [1.54, 1.807) is 11.0 Å². The van der Waals surface area contributed by atoms with Crippen LogP contribution in [-0.2, 0) is 13.6 Å². The summed E-state index contributed by atoms with van der Waals surface area (Å²) in [5.74, 6) is 0.915. The van der Waals surface area contributed by atoms with Crippen LogP contribution in [0.15, 0.2) is 6.33 Å². The van der Waals surface area contributed by atoms with E-state index in [1.807, 2.05) is 7.05 Å². The summed E-state index contributed by atoms with van der Waals surface area (Å²) in [6, 6.07) is 0.681. The molecule has 0 unspecified atom stereocenters. The van der Waals surface area contributed by atoms with E-state index in [1.165, 1.54) is 51.4 Å². The highest BCUT2D eigenvalue weighted by atomic mass is 15.3. The van der Waals surface area contributed by atoms with Gasteiger partial charge in [0.25, 0.3) is 0 Å². The highest BCUT2D eigenvalue weighted by molar-refractivity contribution is 4.92. The van der Waals surface area contributed by atoms with Gasteiger partial charge in [0.1, 0.15) is 6.33 Å². The van der Waals surface area contributed by atoms with Crippen molar-refractivity contribution < 1.29 is 0 Å². The molecule has 0 atom stereocenters. The average Bonchev–Trinajstić information content (AvgIpc) is 2.99. The molecule has 1 heterocycles. The van der Waals surface area contributed by atoms with E-state index >= 15 is 0 Å². The van der Waals surface area contributed by atoms with Crippen molar-refractivity contribution in [3.63, 3.8) is 0 Å². The molecular weight excluding hydrogens is 224 g/mol. The average molecular weight is 248 g/mol. The van der Waals surface area contributed by atoms with Crippen LogP contribution in [0.25, 0.3) is 0 Å². The molecule has 4 heteroatoms. The number of aromatic nitrogens is 3. The normalized spacial score (nSPS) is 23.8. The Morgan fingerprint density at radius 1 is 1.28 bits per heavy atom. The molecule has 0 amide bonds. The van der Waals surface area contributed by atoms with Crippen LogP contribution in [-0.4, -0.2) is 20.8 Å². The van der Waals surface area contributed by atoms with Gasteiger partial charge in [0.2, 0.25) is 0 Å².